The first kappa shape index (κ1) is 12.0. The number of hydrogen-bond acceptors (Lipinski definition) is 3. The fraction of sp³-hybridized carbons (Fsp3) is 0.273. The zero-order valence-corrected chi connectivity index (χ0v) is 10.6. The Morgan fingerprint density at radius 2 is 2.06 bits per heavy atom. The number of hydrogen-bond donors (Lipinski definition) is 0. The van der Waals surface area contributed by atoms with Gasteiger partial charge in [0.05, 0.1) is 12.2 Å². The van der Waals surface area contributed by atoms with Crippen LogP contribution in [-0.4, -0.2) is 21.6 Å². The molecular formula is C11H11BrFN3O. The normalized spacial score (nSPS) is 10.5. The average Bonchev–Trinajstić information content (AvgIpc) is 2.80. The van der Waals surface area contributed by atoms with Gasteiger partial charge in [-0.05, 0) is 24.3 Å². The van der Waals surface area contributed by atoms with Crippen LogP contribution in [0.3, 0.4) is 0 Å². The van der Waals surface area contributed by atoms with E-state index in [0.717, 1.165) is 5.69 Å². The van der Waals surface area contributed by atoms with Crippen molar-refractivity contribution in [2.24, 2.45) is 0 Å². The Balaban J connectivity index is 1.81. The van der Waals surface area contributed by atoms with Crippen LogP contribution >= 0.6 is 15.9 Å². The molecule has 0 aliphatic rings. The minimum Gasteiger partial charge on any atom is -0.492 e. The third-order valence-corrected chi connectivity index (χ3v) is 2.70. The zero-order valence-electron chi connectivity index (χ0n) is 9.01. The van der Waals surface area contributed by atoms with Crippen LogP contribution in [0.5, 0.6) is 5.75 Å². The molecular weight excluding hydrogens is 289 g/mol. The van der Waals surface area contributed by atoms with Gasteiger partial charge in [-0.1, -0.05) is 21.1 Å². The molecule has 2 rings (SSSR count). The number of halogens is 2. The summed E-state index contributed by atoms with van der Waals surface area (Å²) in [6.45, 7) is 1.08. The van der Waals surface area contributed by atoms with Gasteiger partial charge >= 0.3 is 0 Å². The van der Waals surface area contributed by atoms with Crippen molar-refractivity contribution in [2.75, 3.05) is 6.61 Å². The van der Waals surface area contributed by atoms with Crippen LogP contribution in [0.15, 0.2) is 30.5 Å². The molecule has 0 amide bonds. The largest absolute Gasteiger partial charge is 0.492 e. The van der Waals surface area contributed by atoms with Gasteiger partial charge < -0.3 is 4.74 Å². The van der Waals surface area contributed by atoms with E-state index in [1.807, 2.05) is 6.20 Å². The van der Waals surface area contributed by atoms with Crippen molar-refractivity contribution >= 4 is 15.9 Å². The van der Waals surface area contributed by atoms with Crippen LogP contribution in [0, 0.1) is 5.82 Å². The topological polar surface area (TPSA) is 39.9 Å². The maximum absolute atomic E-state index is 12.6. The van der Waals surface area contributed by atoms with Crippen LogP contribution in [0.25, 0.3) is 0 Å². The summed E-state index contributed by atoms with van der Waals surface area (Å²) < 4.78 is 19.8. The number of nitrogens with zero attached hydrogens (tertiary/aromatic N) is 3. The highest BCUT2D eigenvalue weighted by Gasteiger charge is 1.99. The summed E-state index contributed by atoms with van der Waals surface area (Å²) in [5, 5.41) is 8.55. The molecule has 0 atom stereocenters. The van der Waals surface area contributed by atoms with Crippen LogP contribution < -0.4 is 4.74 Å². The van der Waals surface area contributed by atoms with E-state index in [9.17, 15) is 4.39 Å². The second-order valence-electron chi connectivity index (χ2n) is 3.41. The van der Waals surface area contributed by atoms with Crippen molar-refractivity contribution in [1.29, 1.82) is 0 Å². The molecule has 90 valence electrons. The van der Waals surface area contributed by atoms with E-state index in [1.54, 1.807) is 16.8 Å². The predicted molar refractivity (Wildman–Crippen MR) is 64.5 cm³/mol. The van der Waals surface area contributed by atoms with E-state index in [0.29, 0.717) is 24.2 Å². The first-order valence-corrected chi connectivity index (χ1v) is 6.23. The highest BCUT2D eigenvalue weighted by Crippen LogP contribution is 2.10. The van der Waals surface area contributed by atoms with E-state index in [1.165, 1.54) is 12.1 Å². The molecule has 0 unspecified atom stereocenters. The number of ether oxygens (including phenoxy) is 1. The molecule has 1 aromatic heterocycles. The quantitative estimate of drug-likeness (QED) is 0.796. The Kier molecular flexibility index (Phi) is 4.08. The highest BCUT2D eigenvalue weighted by atomic mass is 79.9. The fourth-order valence-electron chi connectivity index (χ4n) is 1.30. The van der Waals surface area contributed by atoms with Gasteiger partial charge in [-0.25, -0.2) is 9.07 Å². The molecule has 0 aliphatic heterocycles. The lowest BCUT2D eigenvalue weighted by Gasteiger charge is -2.05. The summed E-state index contributed by atoms with van der Waals surface area (Å²) in [5.74, 6) is 0.378. The third-order valence-electron chi connectivity index (χ3n) is 2.13. The van der Waals surface area contributed by atoms with Gasteiger partial charge in [0.25, 0.3) is 0 Å². The van der Waals surface area contributed by atoms with Crippen LogP contribution in [-0.2, 0) is 11.9 Å². The summed E-state index contributed by atoms with van der Waals surface area (Å²) in [6.07, 6.45) is 1.85. The van der Waals surface area contributed by atoms with Gasteiger partial charge in [0.2, 0.25) is 0 Å². The molecule has 2 aromatic rings. The van der Waals surface area contributed by atoms with Crippen LogP contribution in [0.1, 0.15) is 5.69 Å². The van der Waals surface area contributed by atoms with E-state index < -0.39 is 0 Å². The molecule has 4 nitrogen and oxygen atoms in total. The van der Waals surface area contributed by atoms with Crippen LogP contribution in [0.2, 0.25) is 0 Å². The molecule has 0 N–H and O–H groups in total. The average molecular weight is 300 g/mol. The van der Waals surface area contributed by atoms with Crippen LogP contribution in [0.4, 0.5) is 4.39 Å². The van der Waals surface area contributed by atoms with E-state index in [2.05, 4.69) is 26.2 Å². The number of benzene rings is 1. The molecule has 0 saturated carbocycles. The van der Waals surface area contributed by atoms with Crippen molar-refractivity contribution in [3.8, 4) is 5.75 Å². The number of aromatic nitrogens is 3. The second-order valence-corrected chi connectivity index (χ2v) is 3.97. The lowest BCUT2D eigenvalue weighted by molar-refractivity contribution is 0.289. The third kappa shape index (κ3) is 3.52. The molecule has 1 aromatic carbocycles. The first-order valence-electron chi connectivity index (χ1n) is 5.11. The van der Waals surface area contributed by atoms with Crippen molar-refractivity contribution < 1.29 is 9.13 Å². The maximum Gasteiger partial charge on any atom is 0.123 e. The Morgan fingerprint density at radius 1 is 1.29 bits per heavy atom. The van der Waals surface area contributed by atoms with Crippen molar-refractivity contribution in [3.63, 3.8) is 0 Å². The molecule has 0 radical (unpaired) electrons. The molecule has 6 heteroatoms. The van der Waals surface area contributed by atoms with Crippen molar-refractivity contribution in [2.45, 2.75) is 11.9 Å². The lowest BCUT2D eigenvalue weighted by Crippen LogP contribution is -2.08. The lowest BCUT2D eigenvalue weighted by atomic mass is 10.3. The monoisotopic (exact) mass is 299 g/mol. The highest BCUT2D eigenvalue weighted by molar-refractivity contribution is 9.08. The molecule has 0 fully saturated rings. The summed E-state index contributed by atoms with van der Waals surface area (Å²) in [6, 6.07) is 5.93. The molecule has 17 heavy (non-hydrogen) atoms. The zero-order chi connectivity index (χ0) is 12.1. The molecule has 0 aliphatic carbocycles. The number of rotatable bonds is 5. The Morgan fingerprint density at radius 3 is 2.71 bits per heavy atom. The van der Waals surface area contributed by atoms with Gasteiger partial charge in [-0.15, -0.1) is 5.10 Å². The molecule has 0 spiro atoms. The maximum atomic E-state index is 12.6. The summed E-state index contributed by atoms with van der Waals surface area (Å²) in [7, 11) is 0. The summed E-state index contributed by atoms with van der Waals surface area (Å²) in [5.41, 5.74) is 0.881. The fourth-order valence-corrected chi connectivity index (χ4v) is 1.55. The minimum absolute atomic E-state index is 0.268. The summed E-state index contributed by atoms with van der Waals surface area (Å²) in [4.78, 5) is 0. The van der Waals surface area contributed by atoms with Gasteiger partial charge in [0, 0.05) is 11.5 Å². The SMILES string of the molecule is Fc1ccc(OCCn2cc(CBr)nn2)cc1. The predicted octanol–water partition coefficient (Wildman–Crippen LogP) is 2.39. The van der Waals surface area contributed by atoms with Gasteiger partial charge in [0.1, 0.15) is 18.2 Å². The molecule has 0 saturated heterocycles. The summed E-state index contributed by atoms with van der Waals surface area (Å²) >= 11 is 3.30. The Labute approximate surface area is 107 Å². The minimum atomic E-state index is -0.268. The Bertz CT molecular complexity index is 472. The van der Waals surface area contributed by atoms with Crippen molar-refractivity contribution in [1.82, 2.24) is 15.0 Å². The molecule has 1 heterocycles. The van der Waals surface area contributed by atoms with Gasteiger partial charge in [-0.2, -0.15) is 0 Å². The number of alkyl halides is 1. The van der Waals surface area contributed by atoms with Crippen molar-refractivity contribution in [3.05, 3.63) is 42.0 Å². The standard InChI is InChI=1S/C11H11BrFN3O/c12-7-10-8-16(15-14-10)5-6-17-11-3-1-9(13)2-4-11/h1-4,8H,5-7H2. The van der Waals surface area contributed by atoms with E-state index in [-0.39, 0.29) is 5.82 Å². The second kappa shape index (κ2) is 5.77. The van der Waals surface area contributed by atoms with E-state index >= 15 is 0 Å². The molecule has 0 bridgehead atoms. The first-order chi connectivity index (χ1) is 8.28. The van der Waals surface area contributed by atoms with E-state index in [4.69, 9.17) is 4.74 Å². The van der Waals surface area contributed by atoms with Gasteiger partial charge in [-0.3, -0.25) is 0 Å². The Hall–Kier alpha value is -1.43. The smallest absolute Gasteiger partial charge is 0.123 e. The van der Waals surface area contributed by atoms with Gasteiger partial charge in [0.15, 0.2) is 0 Å².